The van der Waals surface area contributed by atoms with Gasteiger partial charge in [0.05, 0.1) is 16.6 Å². The van der Waals surface area contributed by atoms with E-state index in [2.05, 4.69) is 21.0 Å². The Morgan fingerprint density at radius 1 is 1.29 bits per heavy atom. The Bertz CT molecular complexity index is 1100. The monoisotopic (exact) mass is 446 g/mol. The topological polar surface area (TPSA) is 79.7 Å². The fraction of sp³-hybridized carbons (Fsp3) is 0.450. The van der Waals surface area contributed by atoms with Gasteiger partial charge in [-0.25, -0.2) is 14.3 Å². The number of aromatic nitrogens is 3. The molecule has 1 aliphatic heterocycles. The third kappa shape index (κ3) is 3.53. The molecule has 1 aromatic carbocycles. The molecule has 1 aliphatic rings. The van der Waals surface area contributed by atoms with Gasteiger partial charge in [0.1, 0.15) is 5.60 Å². The van der Waals surface area contributed by atoms with Gasteiger partial charge in [-0.05, 0) is 61.7 Å². The summed E-state index contributed by atoms with van der Waals surface area (Å²) in [5.41, 5.74) is 1.64. The quantitative estimate of drug-likeness (QED) is 0.611. The molecule has 1 fully saturated rings. The number of hydrogen-bond donors (Lipinski definition) is 1. The number of piperidine rings is 1. The van der Waals surface area contributed by atoms with Crippen molar-refractivity contribution in [3.63, 3.8) is 0 Å². The zero-order valence-electron chi connectivity index (χ0n) is 16.2. The Kier molecular flexibility index (Phi) is 4.69. The van der Waals surface area contributed by atoms with E-state index < -0.39 is 5.60 Å². The van der Waals surface area contributed by atoms with Gasteiger partial charge < -0.3 is 9.64 Å². The molecule has 0 saturated carbocycles. The van der Waals surface area contributed by atoms with Crippen molar-refractivity contribution in [2.45, 2.75) is 45.1 Å². The average Bonchev–Trinajstić information content (AvgIpc) is 3.01. The highest BCUT2D eigenvalue weighted by molar-refractivity contribution is 9.10. The van der Waals surface area contributed by atoms with Crippen LogP contribution in [0.25, 0.3) is 16.6 Å². The molecule has 148 valence electrons. The number of carbonyl (C=O) groups is 1. The van der Waals surface area contributed by atoms with Gasteiger partial charge in [-0.15, -0.1) is 0 Å². The molecule has 3 aromatic rings. The number of amides is 1. The summed E-state index contributed by atoms with van der Waals surface area (Å²) >= 11 is 3.56. The van der Waals surface area contributed by atoms with Gasteiger partial charge in [0.2, 0.25) is 0 Å². The minimum absolute atomic E-state index is 0.127. The number of likely N-dealkylation sites (tertiary alicyclic amines) is 1. The second-order valence-corrected chi connectivity index (χ2v) is 9.05. The van der Waals surface area contributed by atoms with Crippen molar-refractivity contribution in [1.29, 1.82) is 0 Å². The van der Waals surface area contributed by atoms with E-state index in [1.807, 2.05) is 39.0 Å². The third-order valence-corrected chi connectivity index (χ3v) is 5.63. The molecule has 0 atom stereocenters. The van der Waals surface area contributed by atoms with Crippen molar-refractivity contribution < 1.29 is 9.53 Å². The molecule has 8 heteroatoms. The Morgan fingerprint density at radius 2 is 2.00 bits per heavy atom. The number of hydrogen-bond acceptors (Lipinski definition) is 4. The molecule has 0 bridgehead atoms. The van der Waals surface area contributed by atoms with Gasteiger partial charge in [0.25, 0.3) is 5.56 Å². The summed E-state index contributed by atoms with van der Waals surface area (Å²) in [6, 6.07) is 7.38. The maximum Gasteiger partial charge on any atom is 0.410 e. The predicted octanol–water partition coefficient (Wildman–Crippen LogP) is 4.05. The first-order valence-electron chi connectivity index (χ1n) is 9.41. The van der Waals surface area contributed by atoms with Crippen LogP contribution in [0.4, 0.5) is 4.79 Å². The Morgan fingerprint density at radius 3 is 2.68 bits per heavy atom. The van der Waals surface area contributed by atoms with Crippen LogP contribution in [0.1, 0.15) is 45.2 Å². The first kappa shape index (κ1) is 19.0. The van der Waals surface area contributed by atoms with E-state index in [0.29, 0.717) is 18.7 Å². The molecule has 1 amide bonds. The third-order valence-electron chi connectivity index (χ3n) is 4.97. The first-order chi connectivity index (χ1) is 13.2. The SMILES string of the molecule is CC(C)(C)OC(=O)N1CCC(c2cc(=O)n3[nH]c4cccc(Br)c4c3n2)CC1. The fourth-order valence-electron chi connectivity index (χ4n) is 3.63. The minimum atomic E-state index is -0.502. The summed E-state index contributed by atoms with van der Waals surface area (Å²) in [7, 11) is 0. The maximum absolute atomic E-state index is 12.6. The number of carbonyl (C=O) groups excluding carboxylic acids is 1. The van der Waals surface area contributed by atoms with Gasteiger partial charge in [-0.2, -0.15) is 0 Å². The van der Waals surface area contributed by atoms with Crippen LogP contribution in [0.15, 0.2) is 33.5 Å². The van der Waals surface area contributed by atoms with E-state index >= 15 is 0 Å². The number of fused-ring (bicyclic) bond motifs is 3. The molecule has 3 heterocycles. The second kappa shape index (κ2) is 6.92. The fourth-order valence-corrected chi connectivity index (χ4v) is 4.18. The number of benzene rings is 1. The number of halogens is 1. The second-order valence-electron chi connectivity index (χ2n) is 8.19. The van der Waals surface area contributed by atoms with Crippen molar-refractivity contribution in [2.24, 2.45) is 0 Å². The molecule has 4 rings (SSSR count). The molecular formula is C20H23BrN4O3. The largest absolute Gasteiger partial charge is 0.444 e. The molecule has 0 unspecified atom stereocenters. The van der Waals surface area contributed by atoms with Crippen LogP contribution in [0.3, 0.4) is 0 Å². The van der Waals surface area contributed by atoms with Crippen molar-refractivity contribution >= 4 is 38.6 Å². The summed E-state index contributed by atoms with van der Waals surface area (Å²) in [5.74, 6) is 0.142. The van der Waals surface area contributed by atoms with Crippen LogP contribution in [0.2, 0.25) is 0 Å². The predicted molar refractivity (Wildman–Crippen MR) is 111 cm³/mol. The lowest BCUT2D eigenvalue weighted by atomic mass is 9.93. The number of nitrogens with zero attached hydrogens (tertiary/aromatic N) is 3. The van der Waals surface area contributed by atoms with Crippen LogP contribution in [0, 0.1) is 0 Å². The average molecular weight is 447 g/mol. The van der Waals surface area contributed by atoms with Gasteiger partial charge in [-0.3, -0.25) is 9.89 Å². The lowest BCUT2D eigenvalue weighted by Crippen LogP contribution is -2.41. The Balaban J connectivity index is 1.60. The molecule has 2 aromatic heterocycles. The minimum Gasteiger partial charge on any atom is -0.444 e. The Hall–Kier alpha value is -2.35. The van der Waals surface area contributed by atoms with E-state index in [4.69, 9.17) is 9.72 Å². The van der Waals surface area contributed by atoms with Gasteiger partial charge in [0.15, 0.2) is 5.65 Å². The number of rotatable bonds is 1. The standard InChI is InChI=1S/C20H23BrN4O3/c1-20(2,3)28-19(27)24-9-7-12(8-10-24)15-11-16(26)25-18(22-15)17-13(21)5-4-6-14(17)23-25/h4-6,11-12,23H,7-10H2,1-3H3. The van der Waals surface area contributed by atoms with Gasteiger partial charge in [-0.1, -0.05) is 6.07 Å². The summed E-state index contributed by atoms with van der Waals surface area (Å²) < 4.78 is 7.83. The summed E-state index contributed by atoms with van der Waals surface area (Å²) in [6.07, 6.45) is 1.23. The van der Waals surface area contributed by atoms with Crippen LogP contribution in [-0.4, -0.2) is 44.3 Å². The van der Waals surface area contributed by atoms with E-state index in [1.165, 1.54) is 4.52 Å². The first-order valence-corrected chi connectivity index (χ1v) is 10.2. The van der Waals surface area contributed by atoms with Crippen LogP contribution in [-0.2, 0) is 4.74 Å². The van der Waals surface area contributed by atoms with Crippen molar-refractivity contribution in [3.8, 4) is 0 Å². The van der Waals surface area contributed by atoms with Gasteiger partial charge in [0, 0.05) is 29.5 Å². The molecule has 0 spiro atoms. The van der Waals surface area contributed by atoms with E-state index in [0.717, 1.165) is 33.9 Å². The molecule has 1 saturated heterocycles. The van der Waals surface area contributed by atoms with Crippen molar-refractivity contribution in [2.75, 3.05) is 13.1 Å². The smallest absolute Gasteiger partial charge is 0.410 e. The summed E-state index contributed by atoms with van der Waals surface area (Å²) in [6.45, 7) is 6.78. The molecular weight excluding hydrogens is 424 g/mol. The van der Waals surface area contributed by atoms with Crippen LogP contribution < -0.4 is 5.56 Å². The summed E-state index contributed by atoms with van der Waals surface area (Å²) in [4.78, 5) is 31.4. The lowest BCUT2D eigenvalue weighted by Gasteiger charge is -2.33. The zero-order chi connectivity index (χ0) is 20.1. The lowest BCUT2D eigenvalue weighted by molar-refractivity contribution is 0.0204. The van der Waals surface area contributed by atoms with Crippen LogP contribution in [0.5, 0.6) is 0 Å². The van der Waals surface area contributed by atoms with E-state index in [9.17, 15) is 9.59 Å². The highest BCUT2D eigenvalue weighted by Crippen LogP contribution is 2.30. The molecule has 28 heavy (non-hydrogen) atoms. The molecule has 1 N–H and O–H groups in total. The number of H-pyrrole nitrogens is 1. The number of nitrogens with one attached hydrogen (secondary N) is 1. The number of ether oxygens (including phenoxy) is 1. The maximum atomic E-state index is 12.6. The van der Waals surface area contributed by atoms with E-state index in [1.54, 1.807) is 11.0 Å². The molecule has 0 aliphatic carbocycles. The normalized spacial score (nSPS) is 16.1. The van der Waals surface area contributed by atoms with E-state index in [-0.39, 0.29) is 17.6 Å². The number of aromatic amines is 1. The molecule has 7 nitrogen and oxygen atoms in total. The van der Waals surface area contributed by atoms with Crippen LogP contribution >= 0.6 is 15.9 Å². The molecule has 0 radical (unpaired) electrons. The Labute approximate surface area is 170 Å². The highest BCUT2D eigenvalue weighted by Gasteiger charge is 2.28. The zero-order valence-corrected chi connectivity index (χ0v) is 17.7. The van der Waals surface area contributed by atoms with Crippen molar-refractivity contribution in [1.82, 2.24) is 19.5 Å². The summed E-state index contributed by atoms with van der Waals surface area (Å²) in [5, 5.41) is 4.00. The van der Waals surface area contributed by atoms with Crippen molar-refractivity contribution in [3.05, 3.63) is 44.8 Å². The van der Waals surface area contributed by atoms with Gasteiger partial charge >= 0.3 is 6.09 Å². The highest BCUT2D eigenvalue weighted by atomic mass is 79.9.